The minimum Gasteiger partial charge on any atom is -0.339 e. The van der Waals surface area contributed by atoms with Gasteiger partial charge < -0.3 is 10.6 Å². The van der Waals surface area contributed by atoms with Crippen LogP contribution in [0.4, 0.5) is 0 Å². The van der Waals surface area contributed by atoms with Gasteiger partial charge in [0.15, 0.2) is 0 Å². The zero-order valence-corrected chi connectivity index (χ0v) is 13.9. The normalized spacial score (nSPS) is 11.8. The van der Waals surface area contributed by atoms with Crippen molar-refractivity contribution >= 4 is 17.5 Å². The van der Waals surface area contributed by atoms with E-state index in [2.05, 4.69) is 32.6 Å². The van der Waals surface area contributed by atoms with Crippen molar-refractivity contribution in [3.05, 3.63) is 34.3 Å². The molecule has 3 nitrogen and oxygen atoms in total. The molecule has 1 aromatic carbocycles. The van der Waals surface area contributed by atoms with Crippen LogP contribution >= 0.6 is 11.6 Å². The van der Waals surface area contributed by atoms with E-state index in [0.717, 1.165) is 6.42 Å². The van der Waals surface area contributed by atoms with Gasteiger partial charge in [0.25, 0.3) is 5.91 Å². The van der Waals surface area contributed by atoms with E-state index in [1.807, 2.05) is 7.05 Å². The molecule has 1 rings (SSSR count). The molecule has 0 aliphatic carbocycles. The molecule has 0 aromatic heterocycles. The molecule has 0 aliphatic rings. The highest BCUT2D eigenvalue weighted by Crippen LogP contribution is 2.19. The molecule has 0 fully saturated rings. The number of nitrogens with two attached hydrogens (primary N) is 1. The fraction of sp³-hybridized carbons (Fsp3) is 0.471. The summed E-state index contributed by atoms with van der Waals surface area (Å²) in [6, 6.07) is 5.38. The van der Waals surface area contributed by atoms with Crippen molar-refractivity contribution in [2.45, 2.75) is 33.2 Å². The lowest BCUT2D eigenvalue weighted by Gasteiger charge is -2.26. The summed E-state index contributed by atoms with van der Waals surface area (Å²) < 4.78 is 0. The third-order valence-electron chi connectivity index (χ3n) is 3.34. The van der Waals surface area contributed by atoms with Gasteiger partial charge in [-0.1, -0.05) is 37.3 Å². The second-order valence-corrected chi connectivity index (χ2v) is 6.00. The lowest BCUT2D eigenvalue weighted by atomic mass is 10.0. The molecule has 0 heterocycles. The molecule has 1 amide bonds. The fourth-order valence-electron chi connectivity index (χ4n) is 2.14. The predicted molar refractivity (Wildman–Crippen MR) is 88.4 cm³/mol. The minimum absolute atomic E-state index is 0.0246. The Bertz CT molecular complexity index is 558. The second kappa shape index (κ2) is 8.07. The number of amides is 1. The molecule has 0 spiro atoms. The Labute approximate surface area is 132 Å². The van der Waals surface area contributed by atoms with E-state index in [4.69, 9.17) is 17.3 Å². The smallest absolute Gasteiger partial charge is 0.253 e. The summed E-state index contributed by atoms with van der Waals surface area (Å²) in [5.74, 6) is 6.16. The van der Waals surface area contributed by atoms with Gasteiger partial charge in [-0.3, -0.25) is 4.79 Å². The Kier molecular flexibility index (Phi) is 6.74. The Hall–Kier alpha value is -1.50. The molecule has 2 N–H and O–H groups in total. The van der Waals surface area contributed by atoms with Crippen LogP contribution < -0.4 is 5.73 Å². The van der Waals surface area contributed by atoms with Crippen LogP contribution in [-0.4, -0.2) is 30.4 Å². The van der Waals surface area contributed by atoms with Crippen molar-refractivity contribution < 1.29 is 4.79 Å². The third kappa shape index (κ3) is 5.08. The molecule has 0 radical (unpaired) electrons. The first-order chi connectivity index (χ1) is 9.86. The molecule has 114 valence electrons. The summed E-state index contributed by atoms with van der Waals surface area (Å²) >= 11 is 6.16. The highest BCUT2D eigenvalue weighted by molar-refractivity contribution is 6.32. The zero-order valence-electron chi connectivity index (χ0n) is 13.1. The van der Waals surface area contributed by atoms with Crippen LogP contribution in [0.3, 0.4) is 0 Å². The minimum atomic E-state index is -0.0246. The molecule has 1 unspecified atom stereocenters. The topological polar surface area (TPSA) is 46.3 Å². The van der Waals surface area contributed by atoms with E-state index < -0.39 is 0 Å². The first kappa shape index (κ1) is 17.6. The van der Waals surface area contributed by atoms with E-state index in [1.54, 1.807) is 23.1 Å². The zero-order chi connectivity index (χ0) is 16.0. The van der Waals surface area contributed by atoms with Gasteiger partial charge in [-0.05, 0) is 37.5 Å². The number of benzene rings is 1. The summed E-state index contributed by atoms with van der Waals surface area (Å²) in [4.78, 5) is 14.2. The van der Waals surface area contributed by atoms with Crippen molar-refractivity contribution in [2.24, 2.45) is 11.7 Å². The van der Waals surface area contributed by atoms with Crippen LogP contribution in [0.1, 0.15) is 43.1 Å². The van der Waals surface area contributed by atoms with Crippen LogP contribution in [-0.2, 0) is 0 Å². The Morgan fingerprint density at radius 3 is 2.57 bits per heavy atom. The van der Waals surface area contributed by atoms with Crippen molar-refractivity contribution in [3.63, 3.8) is 0 Å². The molecule has 21 heavy (non-hydrogen) atoms. The Morgan fingerprint density at radius 2 is 2.05 bits per heavy atom. The highest BCUT2D eigenvalue weighted by atomic mass is 35.5. The van der Waals surface area contributed by atoms with Gasteiger partial charge >= 0.3 is 0 Å². The molecular formula is C17H23ClN2O. The lowest BCUT2D eigenvalue weighted by Crippen LogP contribution is -2.35. The maximum Gasteiger partial charge on any atom is 0.253 e. The maximum atomic E-state index is 12.5. The van der Waals surface area contributed by atoms with Gasteiger partial charge in [-0.2, -0.15) is 0 Å². The van der Waals surface area contributed by atoms with E-state index in [-0.39, 0.29) is 18.5 Å². The van der Waals surface area contributed by atoms with Gasteiger partial charge in [0.1, 0.15) is 0 Å². The second-order valence-electron chi connectivity index (χ2n) is 5.60. The third-order valence-corrected chi connectivity index (χ3v) is 3.65. The van der Waals surface area contributed by atoms with Crippen molar-refractivity contribution in [1.29, 1.82) is 0 Å². The van der Waals surface area contributed by atoms with Crippen LogP contribution in [0.5, 0.6) is 0 Å². The first-order valence-corrected chi connectivity index (χ1v) is 7.50. The van der Waals surface area contributed by atoms with Crippen LogP contribution in [0.2, 0.25) is 5.02 Å². The van der Waals surface area contributed by atoms with E-state index in [0.29, 0.717) is 22.1 Å². The quantitative estimate of drug-likeness (QED) is 0.869. The maximum absolute atomic E-state index is 12.5. The molecule has 1 aromatic rings. The van der Waals surface area contributed by atoms with Gasteiger partial charge in [0, 0.05) is 24.2 Å². The molecular weight excluding hydrogens is 284 g/mol. The summed E-state index contributed by atoms with van der Waals surface area (Å²) in [6.07, 6.45) is 0.968. The van der Waals surface area contributed by atoms with Gasteiger partial charge in [-0.25, -0.2) is 0 Å². The van der Waals surface area contributed by atoms with E-state index in [1.165, 1.54) is 0 Å². The number of carbonyl (C=O) groups excluding carboxylic acids is 1. The monoisotopic (exact) mass is 306 g/mol. The van der Waals surface area contributed by atoms with Gasteiger partial charge in [0.2, 0.25) is 0 Å². The number of carbonyl (C=O) groups is 1. The Morgan fingerprint density at radius 1 is 1.38 bits per heavy atom. The number of rotatable bonds is 4. The average molecular weight is 307 g/mol. The highest BCUT2D eigenvalue weighted by Gasteiger charge is 2.18. The molecule has 0 aliphatic heterocycles. The first-order valence-electron chi connectivity index (χ1n) is 7.12. The van der Waals surface area contributed by atoms with Crippen LogP contribution in [0.15, 0.2) is 18.2 Å². The number of hydrogen-bond donors (Lipinski definition) is 1. The number of hydrogen-bond acceptors (Lipinski definition) is 2. The molecule has 0 bridgehead atoms. The van der Waals surface area contributed by atoms with Crippen molar-refractivity contribution in [2.75, 3.05) is 13.6 Å². The molecule has 0 saturated heterocycles. The molecule has 0 saturated carbocycles. The number of nitrogens with zero attached hydrogens (tertiary/aromatic N) is 1. The van der Waals surface area contributed by atoms with Crippen molar-refractivity contribution in [3.8, 4) is 11.8 Å². The van der Waals surface area contributed by atoms with Crippen LogP contribution in [0, 0.1) is 17.8 Å². The summed E-state index contributed by atoms with van der Waals surface area (Å²) in [5.41, 5.74) is 6.61. The Balaban J connectivity index is 2.90. The van der Waals surface area contributed by atoms with Gasteiger partial charge in [-0.15, -0.1) is 0 Å². The standard InChI is InChI=1S/C17H23ClN2O/c1-12(2)10-13(3)20(4)17(21)15-8-7-14(6-5-9-19)16(18)11-15/h7-8,11-13H,9-10,19H2,1-4H3. The van der Waals surface area contributed by atoms with Gasteiger partial charge in [0.05, 0.1) is 11.6 Å². The molecule has 4 heteroatoms. The largest absolute Gasteiger partial charge is 0.339 e. The summed E-state index contributed by atoms with van der Waals surface area (Å²) in [7, 11) is 1.82. The summed E-state index contributed by atoms with van der Waals surface area (Å²) in [6.45, 7) is 6.64. The van der Waals surface area contributed by atoms with Crippen molar-refractivity contribution in [1.82, 2.24) is 4.90 Å². The molecule has 1 atom stereocenters. The van der Waals surface area contributed by atoms with E-state index in [9.17, 15) is 4.79 Å². The lowest BCUT2D eigenvalue weighted by molar-refractivity contribution is 0.0728. The number of halogens is 1. The predicted octanol–water partition coefficient (Wildman–Crippen LogP) is 3.16. The average Bonchev–Trinajstić information content (AvgIpc) is 2.43. The van der Waals surface area contributed by atoms with E-state index >= 15 is 0 Å². The fourth-order valence-corrected chi connectivity index (χ4v) is 2.37. The van der Waals surface area contributed by atoms with Crippen LogP contribution in [0.25, 0.3) is 0 Å². The SMILES string of the molecule is CC(C)CC(C)N(C)C(=O)c1ccc(C#CCN)c(Cl)c1. The summed E-state index contributed by atoms with van der Waals surface area (Å²) in [5, 5.41) is 0.478.